The third-order valence-electron chi connectivity index (χ3n) is 5.42. The summed E-state index contributed by atoms with van der Waals surface area (Å²) >= 11 is 0. The molecule has 4 aromatic heterocycles. The van der Waals surface area contributed by atoms with E-state index in [0.29, 0.717) is 35.0 Å². The molecule has 1 atom stereocenters. The van der Waals surface area contributed by atoms with E-state index in [1.165, 1.54) is 6.07 Å². The SMILES string of the molecule is O=c1[nH]cc(F)cc1[C@H]1CCCN1c1ccc2ncc(-c3cc(CO)ccn3)n2n1. The highest BCUT2D eigenvalue weighted by molar-refractivity contribution is 5.61. The fourth-order valence-electron chi connectivity index (χ4n) is 3.99. The minimum atomic E-state index is -0.466. The standard InChI is InChI=1S/C21H19FN6O2/c22-14-9-15(21(30)25-10-14)17-2-1-7-27(17)20-4-3-19-24-11-18(28(19)26-20)16-8-13(12-29)5-6-23-16/h3-6,8-11,17,29H,1-2,7,12H2,(H,25,30)/t17-/m1/s1. The summed E-state index contributed by atoms with van der Waals surface area (Å²) in [5.74, 6) is 0.206. The van der Waals surface area contributed by atoms with Gasteiger partial charge in [-0.05, 0) is 48.7 Å². The van der Waals surface area contributed by atoms with E-state index < -0.39 is 5.82 Å². The van der Waals surface area contributed by atoms with Gasteiger partial charge in [-0.1, -0.05) is 0 Å². The normalized spacial score (nSPS) is 16.5. The number of anilines is 1. The van der Waals surface area contributed by atoms with Gasteiger partial charge in [-0.2, -0.15) is 0 Å². The van der Waals surface area contributed by atoms with Gasteiger partial charge in [0.05, 0.1) is 24.5 Å². The number of aliphatic hydroxyl groups excluding tert-OH is 1. The van der Waals surface area contributed by atoms with Crippen molar-refractivity contribution in [1.82, 2.24) is 24.6 Å². The van der Waals surface area contributed by atoms with Crippen LogP contribution in [-0.4, -0.2) is 36.2 Å². The van der Waals surface area contributed by atoms with E-state index in [1.54, 1.807) is 29.0 Å². The smallest absolute Gasteiger partial charge is 0.253 e. The maximum atomic E-state index is 13.8. The lowest BCUT2D eigenvalue weighted by Gasteiger charge is -2.25. The van der Waals surface area contributed by atoms with Crippen LogP contribution in [0.2, 0.25) is 0 Å². The van der Waals surface area contributed by atoms with Gasteiger partial charge >= 0.3 is 0 Å². The zero-order valence-electron chi connectivity index (χ0n) is 16.0. The lowest BCUT2D eigenvalue weighted by atomic mass is 10.1. The van der Waals surface area contributed by atoms with Gasteiger partial charge in [-0.25, -0.2) is 13.9 Å². The topological polar surface area (TPSA) is 99.4 Å². The Kier molecular flexibility index (Phi) is 4.51. The zero-order valence-corrected chi connectivity index (χ0v) is 16.0. The van der Waals surface area contributed by atoms with Gasteiger partial charge in [0.2, 0.25) is 0 Å². The van der Waals surface area contributed by atoms with Crippen LogP contribution in [0.25, 0.3) is 17.0 Å². The van der Waals surface area contributed by atoms with E-state index in [9.17, 15) is 14.3 Å². The van der Waals surface area contributed by atoms with Crippen LogP contribution >= 0.6 is 0 Å². The van der Waals surface area contributed by atoms with Crippen molar-refractivity contribution >= 4 is 11.5 Å². The van der Waals surface area contributed by atoms with Gasteiger partial charge in [0.1, 0.15) is 17.3 Å². The number of aromatic amines is 1. The fraction of sp³-hybridized carbons (Fsp3) is 0.238. The molecule has 1 aliphatic heterocycles. The quantitative estimate of drug-likeness (QED) is 0.540. The molecule has 1 saturated heterocycles. The largest absolute Gasteiger partial charge is 0.392 e. The van der Waals surface area contributed by atoms with Crippen molar-refractivity contribution in [2.24, 2.45) is 0 Å². The van der Waals surface area contributed by atoms with Gasteiger partial charge in [-0.15, -0.1) is 5.10 Å². The van der Waals surface area contributed by atoms with E-state index >= 15 is 0 Å². The number of nitrogens with zero attached hydrogens (tertiary/aromatic N) is 5. The highest BCUT2D eigenvalue weighted by Crippen LogP contribution is 2.34. The summed E-state index contributed by atoms with van der Waals surface area (Å²) in [6, 6.07) is 8.30. The monoisotopic (exact) mass is 406 g/mol. The molecule has 0 spiro atoms. The second-order valence-electron chi connectivity index (χ2n) is 7.27. The third kappa shape index (κ3) is 3.13. The van der Waals surface area contributed by atoms with E-state index in [4.69, 9.17) is 5.10 Å². The molecule has 152 valence electrons. The molecule has 0 unspecified atom stereocenters. The predicted octanol–water partition coefficient (Wildman–Crippen LogP) is 2.45. The molecule has 4 aromatic rings. The number of H-pyrrole nitrogens is 1. The van der Waals surface area contributed by atoms with Crippen LogP contribution in [0.3, 0.4) is 0 Å². The Labute approximate surface area is 170 Å². The number of hydrogen-bond acceptors (Lipinski definition) is 6. The van der Waals surface area contributed by atoms with Crippen LogP contribution in [0.15, 0.2) is 53.7 Å². The summed E-state index contributed by atoms with van der Waals surface area (Å²) < 4.78 is 15.5. The first kappa shape index (κ1) is 18.4. The first-order valence-electron chi connectivity index (χ1n) is 9.70. The lowest BCUT2D eigenvalue weighted by Crippen LogP contribution is -2.29. The first-order valence-corrected chi connectivity index (χ1v) is 9.70. The van der Waals surface area contributed by atoms with Gasteiger partial charge in [-0.3, -0.25) is 9.78 Å². The van der Waals surface area contributed by atoms with Crippen molar-refractivity contribution in [2.45, 2.75) is 25.5 Å². The minimum absolute atomic E-state index is 0.0808. The summed E-state index contributed by atoms with van der Waals surface area (Å²) in [7, 11) is 0. The minimum Gasteiger partial charge on any atom is -0.392 e. The summed E-state index contributed by atoms with van der Waals surface area (Å²) in [6.07, 6.45) is 6.01. The molecule has 1 fully saturated rings. The van der Waals surface area contributed by atoms with Gasteiger partial charge in [0.15, 0.2) is 5.65 Å². The molecule has 30 heavy (non-hydrogen) atoms. The van der Waals surface area contributed by atoms with Gasteiger partial charge < -0.3 is 15.0 Å². The van der Waals surface area contributed by atoms with Crippen molar-refractivity contribution in [2.75, 3.05) is 11.4 Å². The van der Waals surface area contributed by atoms with Crippen LogP contribution in [0, 0.1) is 5.82 Å². The Morgan fingerprint density at radius 2 is 2.13 bits per heavy atom. The van der Waals surface area contributed by atoms with Crippen molar-refractivity contribution in [3.63, 3.8) is 0 Å². The molecule has 2 N–H and O–H groups in total. The van der Waals surface area contributed by atoms with Crippen LogP contribution in [0.4, 0.5) is 10.2 Å². The molecule has 0 saturated carbocycles. The van der Waals surface area contributed by atoms with Crippen molar-refractivity contribution in [3.8, 4) is 11.4 Å². The molecule has 0 aliphatic carbocycles. The number of fused-ring (bicyclic) bond motifs is 1. The molecule has 0 aromatic carbocycles. The Morgan fingerprint density at radius 1 is 1.23 bits per heavy atom. The zero-order chi connectivity index (χ0) is 20.7. The summed E-state index contributed by atoms with van der Waals surface area (Å²) in [5, 5.41) is 14.2. The van der Waals surface area contributed by atoms with Crippen LogP contribution in [0.5, 0.6) is 0 Å². The van der Waals surface area contributed by atoms with E-state index in [2.05, 4.69) is 15.0 Å². The summed E-state index contributed by atoms with van der Waals surface area (Å²) in [5.41, 5.74) is 2.86. The molecule has 1 aliphatic rings. The Morgan fingerprint density at radius 3 is 3.00 bits per heavy atom. The molecule has 8 nitrogen and oxygen atoms in total. The number of aliphatic hydroxyl groups is 1. The Bertz CT molecular complexity index is 1280. The number of halogens is 1. The molecule has 5 rings (SSSR count). The van der Waals surface area contributed by atoms with Crippen molar-refractivity contribution in [1.29, 1.82) is 0 Å². The number of pyridine rings is 2. The highest BCUT2D eigenvalue weighted by Gasteiger charge is 2.30. The lowest BCUT2D eigenvalue weighted by molar-refractivity contribution is 0.282. The van der Waals surface area contributed by atoms with Gasteiger partial charge in [0.25, 0.3) is 5.56 Å². The fourth-order valence-corrected chi connectivity index (χ4v) is 3.99. The molecule has 0 radical (unpaired) electrons. The van der Waals surface area contributed by atoms with E-state index in [-0.39, 0.29) is 18.2 Å². The van der Waals surface area contributed by atoms with Crippen LogP contribution in [-0.2, 0) is 6.61 Å². The van der Waals surface area contributed by atoms with Crippen molar-refractivity contribution < 1.29 is 9.50 Å². The van der Waals surface area contributed by atoms with Crippen molar-refractivity contribution in [3.05, 3.63) is 76.2 Å². The van der Waals surface area contributed by atoms with Crippen LogP contribution < -0.4 is 10.5 Å². The summed E-state index contributed by atoms with van der Waals surface area (Å²) in [6.45, 7) is 0.629. The second-order valence-corrected chi connectivity index (χ2v) is 7.27. The average molecular weight is 406 g/mol. The number of nitrogens with one attached hydrogen (secondary N) is 1. The third-order valence-corrected chi connectivity index (χ3v) is 5.42. The predicted molar refractivity (Wildman–Crippen MR) is 108 cm³/mol. The van der Waals surface area contributed by atoms with Gasteiger partial charge in [0, 0.05) is 24.5 Å². The van der Waals surface area contributed by atoms with E-state index in [0.717, 1.165) is 24.6 Å². The first-order chi connectivity index (χ1) is 14.6. The molecule has 0 bridgehead atoms. The summed E-state index contributed by atoms with van der Waals surface area (Å²) in [4.78, 5) is 25.5. The second kappa shape index (κ2) is 7.34. The molecular formula is C21H19FN6O2. The molecule has 0 amide bonds. The molecule has 9 heteroatoms. The number of aromatic nitrogens is 5. The number of hydrogen-bond donors (Lipinski definition) is 2. The Balaban J connectivity index is 1.57. The highest BCUT2D eigenvalue weighted by atomic mass is 19.1. The maximum Gasteiger partial charge on any atom is 0.253 e. The van der Waals surface area contributed by atoms with E-state index in [1.807, 2.05) is 17.0 Å². The van der Waals surface area contributed by atoms with Crippen LogP contribution in [0.1, 0.15) is 30.0 Å². The Hall–Kier alpha value is -3.59. The molecular weight excluding hydrogens is 387 g/mol. The maximum absolute atomic E-state index is 13.8. The number of rotatable bonds is 4. The molecule has 5 heterocycles. The number of imidazole rings is 1. The average Bonchev–Trinajstić information content (AvgIpc) is 3.42.